The zero-order chi connectivity index (χ0) is 28.5. The molecule has 0 atom stereocenters. The lowest BCUT2D eigenvalue weighted by Crippen LogP contribution is -2.25. The molecule has 0 saturated heterocycles. The highest BCUT2D eigenvalue weighted by atomic mass is 15.0. The maximum absolute atomic E-state index is 4.97. The SMILES string of the molecule is CC(C)(C)c1nc(Cc2ccc3c(c2)-c2ccccc2C32c3ccccc3-c3ccccc32)nc(-c2ccccc2)n1. The summed E-state index contributed by atoms with van der Waals surface area (Å²) in [4.78, 5) is 14.8. The van der Waals surface area contributed by atoms with Crippen LogP contribution in [0, 0.1) is 0 Å². The topological polar surface area (TPSA) is 38.7 Å². The molecule has 42 heavy (non-hydrogen) atoms. The quantitative estimate of drug-likeness (QED) is 0.224. The van der Waals surface area contributed by atoms with Crippen molar-refractivity contribution in [1.82, 2.24) is 15.0 Å². The minimum absolute atomic E-state index is 0.187. The Kier molecular flexibility index (Phi) is 5.36. The predicted molar refractivity (Wildman–Crippen MR) is 170 cm³/mol. The van der Waals surface area contributed by atoms with Crippen LogP contribution in [0.15, 0.2) is 121 Å². The molecule has 0 bridgehead atoms. The van der Waals surface area contributed by atoms with Gasteiger partial charge in [0.05, 0.1) is 5.41 Å². The number of nitrogens with zero attached hydrogens (tertiary/aromatic N) is 3. The van der Waals surface area contributed by atoms with E-state index in [1.807, 2.05) is 18.2 Å². The number of hydrogen-bond acceptors (Lipinski definition) is 3. The second-order valence-corrected chi connectivity index (χ2v) is 12.5. The number of aromatic nitrogens is 3. The summed E-state index contributed by atoms with van der Waals surface area (Å²) in [6, 6.07) is 44.0. The summed E-state index contributed by atoms with van der Waals surface area (Å²) in [7, 11) is 0. The molecule has 0 unspecified atom stereocenters. The third-order valence-corrected chi connectivity index (χ3v) is 8.81. The Hall–Kier alpha value is -4.89. The smallest absolute Gasteiger partial charge is 0.163 e. The molecule has 1 spiro atoms. The van der Waals surface area contributed by atoms with Gasteiger partial charge in [0.25, 0.3) is 0 Å². The molecule has 0 amide bonds. The van der Waals surface area contributed by atoms with Crippen molar-refractivity contribution in [2.24, 2.45) is 0 Å². The standard InChI is InChI=1S/C39H31N3/c1-38(2,3)37-41-35(40-36(42-37)26-13-5-4-6-14-26)24-25-21-22-34-30(23-25)29-17-9-12-20-33(29)39(34)31-18-10-7-15-27(31)28-16-8-11-19-32(28)39/h4-23H,24H2,1-3H3. The molecular formula is C39H31N3. The van der Waals surface area contributed by atoms with E-state index in [2.05, 4.69) is 124 Å². The van der Waals surface area contributed by atoms with Crippen LogP contribution in [0.3, 0.4) is 0 Å². The van der Waals surface area contributed by atoms with Crippen LogP contribution >= 0.6 is 0 Å². The van der Waals surface area contributed by atoms with Crippen LogP contribution in [-0.2, 0) is 17.3 Å². The molecule has 5 aromatic carbocycles. The van der Waals surface area contributed by atoms with Gasteiger partial charge in [0.1, 0.15) is 11.6 Å². The first-order valence-corrected chi connectivity index (χ1v) is 14.7. The Morgan fingerprint density at radius 3 is 1.64 bits per heavy atom. The van der Waals surface area contributed by atoms with Crippen LogP contribution in [0.2, 0.25) is 0 Å². The van der Waals surface area contributed by atoms with Crippen LogP contribution in [0.1, 0.15) is 60.2 Å². The van der Waals surface area contributed by atoms with E-state index in [9.17, 15) is 0 Å². The van der Waals surface area contributed by atoms with E-state index in [0.717, 1.165) is 23.0 Å². The molecule has 1 heterocycles. The van der Waals surface area contributed by atoms with Crippen LogP contribution < -0.4 is 0 Å². The Morgan fingerprint density at radius 1 is 0.524 bits per heavy atom. The van der Waals surface area contributed by atoms with Gasteiger partial charge < -0.3 is 0 Å². The van der Waals surface area contributed by atoms with Crippen molar-refractivity contribution in [3.63, 3.8) is 0 Å². The van der Waals surface area contributed by atoms with Crippen molar-refractivity contribution in [2.45, 2.75) is 38.0 Å². The third kappa shape index (κ3) is 3.56. The monoisotopic (exact) mass is 541 g/mol. The van der Waals surface area contributed by atoms with Crippen molar-refractivity contribution in [3.8, 4) is 33.6 Å². The number of rotatable bonds is 3. The summed E-state index contributed by atoms with van der Waals surface area (Å²) >= 11 is 0. The Morgan fingerprint density at radius 2 is 1.05 bits per heavy atom. The summed E-state index contributed by atoms with van der Waals surface area (Å²) in [6.45, 7) is 6.47. The molecule has 2 aliphatic rings. The number of fused-ring (bicyclic) bond motifs is 10. The molecule has 0 aliphatic heterocycles. The average molecular weight is 542 g/mol. The summed E-state index contributed by atoms with van der Waals surface area (Å²) in [5.41, 5.74) is 12.4. The summed E-state index contributed by atoms with van der Waals surface area (Å²) in [6.07, 6.45) is 0.640. The molecule has 2 aliphatic carbocycles. The average Bonchev–Trinajstić information content (AvgIpc) is 3.48. The third-order valence-electron chi connectivity index (χ3n) is 8.81. The Balaban J connectivity index is 1.29. The van der Waals surface area contributed by atoms with Gasteiger partial charge in [0, 0.05) is 17.4 Å². The van der Waals surface area contributed by atoms with Gasteiger partial charge in [0.15, 0.2) is 5.82 Å². The second kappa shape index (κ2) is 9.06. The normalized spacial score (nSPS) is 13.9. The number of benzene rings is 5. The van der Waals surface area contributed by atoms with E-state index in [0.29, 0.717) is 6.42 Å². The lowest BCUT2D eigenvalue weighted by Gasteiger charge is -2.30. The first kappa shape index (κ1) is 24.9. The fraction of sp³-hybridized carbons (Fsp3) is 0.154. The zero-order valence-corrected chi connectivity index (χ0v) is 24.1. The van der Waals surface area contributed by atoms with Crippen LogP contribution in [0.5, 0.6) is 0 Å². The van der Waals surface area contributed by atoms with E-state index in [1.165, 1.54) is 50.1 Å². The van der Waals surface area contributed by atoms with E-state index in [1.54, 1.807) is 0 Å². The molecule has 202 valence electrons. The highest BCUT2D eigenvalue weighted by molar-refractivity contribution is 5.95. The van der Waals surface area contributed by atoms with E-state index in [-0.39, 0.29) is 10.8 Å². The largest absolute Gasteiger partial charge is 0.217 e. The molecule has 1 aromatic heterocycles. The van der Waals surface area contributed by atoms with Crippen LogP contribution in [-0.4, -0.2) is 15.0 Å². The Labute approximate surface area is 247 Å². The van der Waals surface area contributed by atoms with Gasteiger partial charge in [-0.05, 0) is 50.1 Å². The maximum Gasteiger partial charge on any atom is 0.163 e. The van der Waals surface area contributed by atoms with Crippen molar-refractivity contribution in [2.75, 3.05) is 0 Å². The zero-order valence-electron chi connectivity index (χ0n) is 24.1. The summed E-state index contributed by atoms with van der Waals surface area (Å²) in [5.74, 6) is 2.34. The van der Waals surface area contributed by atoms with Crippen LogP contribution in [0.25, 0.3) is 33.6 Å². The van der Waals surface area contributed by atoms with E-state index < -0.39 is 0 Å². The summed E-state index contributed by atoms with van der Waals surface area (Å²) < 4.78 is 0. The van der Waals surface area contributed by atoms with Gasteiger partial charge >= 0.3 is 0 Å². The lowest BCUT2D eigenvalue weighted by atomic mass is 9.70. The van der Waals surface area contributed by atoms with Crippen molar-refractivity contribution < 1.29 is 0 Å². The first-order valence-electron chi connectivity index (χ1n) is 14.7. The van der Waals surface area contributed by atoms with Crippen molar-refractivity contribution >= 4 is 0 Å². The first-order chi connectivity index (χ1) is 20.4. The second-order valence-electron chi connectivity index (χ2n) is 12.5. The highest BCUT2D eigenvalue weighted by Gasteiger charge is 2.51. The fourth-order valence-corrected chi connectivity index (χ4v) is 6.99. The molecule has 0 saturated carbocycles. The minimum atomic E-state index is -0.315. The van der Waals surface area contributed by atoms with E-state index >= 15 is 0 Å². The summed E-state index contributed by atoms with van der Waals surface area (Å²) in [5, 5.41) is 0. The van der Waals surface area contributed by atoms with Gasteiger partial charge in [-0.1, -0.05) is 142 Å². The molecule has 3 heteroatoms. The molecule has 0 fully saturated rings. The lowest BCUT2D eigenvalue weighted by molar-refractivity contribution is 0.538. The molecule has 8 rings (SSSR count). The molecule has 6 aromatic rings. The predicted octanol–water partition coefficient (Wildman–Crippen LogP) is 8.77. The van der Waals surface area contributed by atoms with Crippen molar-refractivity contribution in [1.29, 1.82) is 0 Å². The Bertz CT molecular complexity index is 1950. The van der Waals surface area contributed by atoms with Gasteiger partial charge in [-0.3, -0.25) is 0 Å². The molecule has 0 N–H and O–H groups in total. The highest BCUT2D eigenvalue weighted by Crippen LogP contribution is 2.62. The fourth-order valence-electron chi connectivity index (χ4n) is 6.99. The van der Waals surface area contributed by atoms with Gasteiger partial charge in [-0.25, -0.2) is 15.0 Å². The van der Waals surface area contributed by atoms with Gasteiger partial charge in [-0.2, -0.15) is 0 Å². The van der Waals surface area contributed by atoms with Gasteiger partial charge in [-0.15, -0.1) is 0 Å². The number of hydrogen-bond donors (Lipinski definition) is 0. The molecule has 3 nitrogen and oxygen atoms in total. The molecular weight excluding hydrogens is 510 g/mol. The molecule has 0 radical (unpaired) electrons. The maximum atomic E-state index is 4.97. The van der Waals surface area contributed by atoms with E-state index in [4.69, 9.17) is 15.0 Å². The van der Waals surface area contributed by atoms with Gasteiger partial charge in [0.2, 0.25) is 0 Å². The minimum Gasteiger partial charge on any atom is -0.217 e. The van der Waals surface area contributed by atoms with Crippen LogP contribution in [0.4, 0.5) is 0 Å². The van der Waals surface area contributed by atoms with Crippen molar-refractivity contribution in [3.05, 3.63) is 161 Å².